The van der Waals surface area contributed by atoms with Gasteiger partial charge in [0.2, 0.25) is 0 Å². The van der Waals surface area contributed by atoms with Gasteiger partial charge in [0.1, 0.15) is 0 Å². The molecule has 3 heterocycles. The summed E-state index contributed by atoms with van der Waals surface area (Å²) in [5.74, 6) is 3.00. The van der Waals surface area contributed by atoms with Crippen LogP contribution in [0.25, 0.3) is 33.4 Å². The smallest absolute Gasteiger partial charge is 0.192 e. The molecule has 1 atom stereocenters. The van der Waals surface area contributed by atoms with Gasteiger partial charge in [0.15, 0.2) is 23.3 Å². The third kappa shape index (κ3) is 5.13. The lowest BCUT2D eigenvalue weighted by molar-refractivity contribution is 0.367. The first-order valence-corrected chi connectivity index (χ1v) is 13.4. The summed E-state index contributed by atoms with van der Waals surface area (Å²) in [5.41, 5.74) is 11.3. The molecular weight excluding hydrogens is 486 g/mol. The molecule has 6 rings (SSSR count). The largest absolute Gasteiger partial charge is 0.382 e. The lowest BCUT2D eigenvalue weighted by atomic mass is 10.00. The first kappa shape index (κ1) is 24.8. The summed E-state index contributed by atoms with van der Waals surface area (Å²) >= 11 is 0. The molecule has 5 aromatic rings. The number of anilines is 3. The number of nitrogen functional groups attached to an aromatic ring is 1. The van der Waals surface area contributed by atoms with Crippen molar-refractivity contribution in [1.82, 2.24) is 30.7 Å². The Morgan fingerprint density at radius 3 is 2.67 bits per heavy atom. The Hall–Kier alpha value is -4.50. The van der Waals surface area contributed by atoms with Crippen molar-refractivity contribution >= 4 is 28.4 Å². The van der Waals surface area contributed by atoms with E-state index in [0.717, 1.165) is 41.9 Å². The van der Waals surface area contributed by atoms with Crippen LogP contribution in [0, 0.1) is 5.92 Å². The van der Waals surface area contributed by atoms with Crippen LogP contribution in [0.4, 0.5) is 17.5 Å². The Morgan fingerprint density at radius 2 is 1.82 bits per heavy atom. The van der Waals surface area contributed by atoms with Crippen molar-refractivity contribution < 1.29 is 0 Å². The second-order valence-corrected chi connectivity index (χ2v) is 10.3. The van der Waals surface area contributed by atoms with E-state index in [4.69, 9.17) is 10.7 Å². The molecule has 5 N–H and O–H groups in total. The number of hydrogen-bond donors (Lipinski definition) is 4. The van der Waals surface area contributed by atoms with E-state index in [1.165, 1.54) is 16.7 Å². The van der Waals surface area contributed by atoms with E-state index in [2.05, 4.69) is 98.3 Å². The van der Waals surface area contributed by atoms with Gasteiger partial charge in [0, 0.05) is 43.2 Å². The average Bonchev–Trinajstić information content (AvgIpc) is 3.36. The molecule has 3 aromatic carbocycles. The molecule has 0 saturated carbocycles. The minimum atomic E-state index is 0.367. The molecule has 1 aliphatic rings. The van der Waals surface area contributed by atoms with E-state index in [1.54, 1.807) is 0 Å². The molecule has 0 radical (unpaired) electrons. The van der Waals surface area contributed by atoms with Crippen LogP contribution in [-0.2, 0) is 6.54 Å². The van der Waals surface area contributed by atoms with Gasteiger partial charge < -0.3 is 21.3 Å². The van der Waals surface area contributed by atoms with Crippen molar-refractivity contribution in [2.45, 2.75) is 26.4 Å². The fraction of sp³-hybridized carbons (Fsp3) is 0.267. The van der Waals surface area contributed by atoms with Crippen LogP contribution in [0.15, 0.2) is 72.8 Å². The average molecular weight is 520 g/mol. The predicted octanol–water partition coefficient (Wildman–Crippen LogP) is 4.71. The molecule has 39 heavy (non-hydrogen) atoms. The highest BCUT2D eigenvalue weighted by molar-refractivity contribution is 5.91. The number of piperazine rings is 1. The minimum absolute atomic E-state index is 0.367. The van der Waals surface area contributed by atoms with Crippen LogP contribution < -0.4 is 21.3 Å². The number of nitrogens with one attached hydrogen (secondary N) is 3. The van der Waals surface area contributed by atoms with Gasteiger partial charge in [-0.25, -0.2) is 4.98 Å². The van der Waals surface area contributed by atoms with Gasteiger partial charge in [-0.1, -0.05) is 68.4 Å². The van der Waals surface area contributed by atoms with E-state index in [9.17, 15) is 0 Å². The third-order valence-corrected chi connectivity index (χ3v) is 7.38. The monoisotopic (exact) mass is 519 g/mol. The molecule has 198 valence electrons. The summed E-state index contributed by atoms with van der Waals surface area (Å²) in [5, 5.41) is 24.3. The Labute approximate surface area is 227 Å². The standard InChI is InChI=1S/C30H33N9/c1-19(2)26-18-39(15-14-32-26)30-29(33-17-22-10-6-7-11-23(22)20-8-4-3-5-9-20)38-37-28(34-30)21-12-13-25-24(16-21)27(31)36-35-25/h3-13,16,19,26,32H,14-15,17-18H2,1-2H3,(H,33,38)(H3,31,35,36)/t26-/m1/s1. The van der Waals surface area contributed by atoms with Crippen molar-refractivity contribution in [3.63, 3.8) is 0 Å². The summed E-state index contributed by atoms with van der Waals surface area (Å²) in [6.45, 7) is 7.66. The first-order chi connectivity index (χ1) is 19.1. The second kappa shape index (κ2) is 10.7. The van der Waals surface area contributed by atoms with Crippen molar-refractivity contribution in [3.05, 3.63) is 78.4 Å². The van der Waals surface area contributed by atoms with E-state index in [1.807, 2.05) is 24.3 Å². The number of H-pyrrole nitrogens is 1. The van der Waals surface area contributed by atoms with Crippen LogP contribution in [0.5, 0.6) is 0 Å². The topological polar surface area (TPSA) is 121 Å². The normalized spacial score (nSPS) is 15.7. The molecule has 0 spiro atoms. The van der Waals surface area contributed by atoms with Crippen LogP contribution in [0.2, 0.25) is 0 Å². The fourth-order valence-corrected chi connectivity index (χ4v) is 5.12. The molecule has 0 bridgehead atoms. The van der Waals surface area contributed by atoms with Gasteiger partial charge in [-0.05, 0) is 40.8 Å². The highest BCUT2D eigenvalue weighted by atomic mass is 15.3. The zero-order valence-electron chi connectivity index (χ0n) is 22.2. The summed E-state index contributed by atoms with van der Waals surface area (Å²) in [4.78, 5) is 7.38. The Kier molecular flexibility index (Phi) is 6.81. The molecular formula is C30H33N9. The zero-order valence-corrected chi connectivity index (χ0v) is 22.2. The molecule has 0 aliphatic carbocycles. The van der Waals surface area contributed by atoms with E-state index >= 15 is 0 Å². The van der Waals surface area contributed by atoms with Crippen molar-refractivity contribution in [1.29, 1.82) is 0 Å². The van der Waals surface area contributed by atoms with Crippen LogP contribution in [-0.4, -0.2) is 51.1 Å². The summed E-state index contributed by atoms with van der Waals surface area (Å²) in [7, 11) is 0. The first-order valence-electron chi connectivity index (χ1n) is 13.4. The SMILES string of the molecule is CC(C)[C@H]1CN(c2nc(-c3ccc4[nH]nc(N)c4c3)nnc2NCc2ccccc2-c2ccccc2)CCN1. The summed E-state index contributed by atoms with van der Waals surface area (Å²) in [6.07, 6.45) is 0. The quantitative estimate of drug-likeness (QED) is 0.244. The van der Waals surface area contributed by atoms with Crippen LogP contribution in [0.1, 0.15) is 19.4 Å². The predicted molar refractivity (Wildman–Crippen MR) is 157 cm³/mol. The van der Waals surface area contributed by atoms with E-state index in [0.29, 0.717) is 36.0 Å². The lowest BCUT2D eigenvalue weighted by Gasteiger charge is -2.37. The maximum absolute atomic E-state index is 6.06. The summed E-state index contributed by atoms with van der Waals surface area (Å²) in [6, 6.07) is 25.1. The van der Waals surface area contributed by atoms with Crippen LogP contribution in [0.3, 0.4) is 0 Å². The Morgan fingerprint density at radius 1 is 1.00 bits per heavy atom. The number of benzene rings is 3. The molecule has 1 saturated heterocycles. The molecule has 9 heteroatoms. The van der Waals surface area contributed by atoms with Gasteiger partial charge in [-0.2, -0.15) is 5.10 Å². The minimum Gasteiger partial charge on any atom is -0.382 e. The van der Waals surface area contributed by atoms with Crippen molar-refractivity contribution in [2.75, 3.05) is 35.6 Å². The van der Waals surface area contributed by atoms with E-state index in [-0.39, 0.29) is 0 Å². The maximum Gasteiger partial charge on any atom is 0.192 e. The lowest BCUT2D eigenvalue weighted by Crippen LogP contribution is -2.53. The summed E-state index contributed by atoms with van der Waals surface area (Å²) < 4.78 is 0. The highest BCUT2D eigenvalue weighted by Crippen LogP contribution is 2.30. The fourth-order valence-electron chi connectivity index (χ4n) is 5.12. The maximum atomic E-state index is 6.06. The van der Waals surface area contributed by atoms with Gasteiger partial charge in [-0.15, -0.1) is 10.2 Å². The molecule has 1 aliphatic heterocycles. The van der Waals surface area contributed by atoms with Crippen LogP contribution >= 0.6 is 0 Å². The second-order valence-electron chi connectivity index (χ2n) is 10.3. The Bertz CT molecular complexity index is 1580. The highest BCUT2D eigenvalue weighted by Gasteiger charge is 2.26. The van der Waals surface area contributed by atoms with Gasteiger partial charge in [-0.3, -0.25) is 5.10 Å². The van der Waals surface area contributed by atoms with Gasteiger partial charge >= 0.3 is 0 Å². The number of fused-ring (bicyclic) bond motifs is 1. The molecule has 1 fully saturated rings. The number of aromatic amines is 1. The number of nitrogens with two attached hydrogens (primary N) is 1. The number of nitrogens with zero attached hydrogens (tertiary/aromatic N) is 5. The van der Waals surface area contributed by atoms with Gasteiger partial charge in [0.25, 0.3) is 0 Å². The van der Waals surface area contributed by atoms with Crippen molar-refractivity contribution in [2.24, 2.45) is 5.92 Å². The number of hydrogen-bond acceptors (Lipinski definition) is 8. The molecule has 0 amide bonds. The van der Waals surface area contributed by atoms with Crippen molar-refractivity contribution in [3.8, 4) is 22.5 Å². The van der Waals surface area contributed by atoms with E-state index < -0.39 is 0 Å². The van der Waals surface area contributed by atoms with Gasteiger partial charge in [0.05, 0.1) is 5.52 Å². The third-order valence-electron chi connectivity index (χ3n) is 7.38. The molecule has 0 unspecified atom stereocenters. The Balaban J connectivity index is 1.35. The zero-order chi connectivity index (χ0) is 26.8. The number of aromatic nitrogens is 5. The molecule has 9 nitrogen and oxygen atoms in total. The number of rotatable bonds is 7. The molecule has 2 aromatic heterocycles.